The van der Waals surface area contributed by atoms with E-state index >= 15 is 0 Å². The molecule has 0 saturated carbocycles. The average molecular weight is 428 g/mol. The number of nitrogens with one attached hydrogen (secondary N) is 1. The summed E-state index contributed by atoms with van der Waals surface area (Å²) in [5.41, 5.74) is 2.46. The van der Waals surface area contributed by atoms with Crippen LogP contribution < -0.4 is 10.1 Å². The zero-order valence-corrected chi connectivity index (χ0v) is 16.9. The van der Waals surface area contributed by atoms with E-state index in [1.165, 1.54) is 0 Å². The molecule has 0 saturated heterocycles. The third-order valence-electron chi connectivity index (χ3n) is 4.22. The molecule has 1 amide bonds. The minimum atomic E-state index is -0.149. The highest BCUT2D eigenvalue weighted by Crippen LogP contribution is 2.24. The second-order valence-electron chi connectivity index (χ2n) is 6.21. The summed E-state index contributed by atoms with van der Waals surface area (Å²) in [4.78, 5) is 12.5. The minimum Gasteiger partial charge on any atom is -0.488 e. The van der Waals surface area contributed by atoms with E-state index in [9.17, 15) is 4.79 Å². The van der Waals surface area contributed by atoms with E-state index in [-0.39, 0.29) is 11.9 Å². The Balaban J connectivity index is 1.57. The Morgan fingerprint density at radius 3 is 2.59 bits per heavy atom. The molecule has 0 radical (unpaired) electrons. The standard InChI is InChI=1S/C21H22BrN3O2/c1-3-25-13-12-19(24-25)15(2)23-21(26)17-10-8-16(9-11-17)14-27-20-7-5-4-6-18(20)22/h4-13,15H,3,14H2,1-2H3,(H,23,26). The maximum Gasteiger partial charge on any atom is 0.251 e. The molecule has 1 aromatic heterocycles. The molecule has 3 rings (SSSR count). The Bertz CT molecular complexity index is 906. The summed E-state index contributed by atoms with van der Waals surface area (Å²) < 4.78 is 8.56. The zero-order chi connectivity index (χ0) is 19.2. The van der Waals surface area contributed by atoms with Gasteiger partial charge in [0.2, 0.25) is 0 Å². The van der Waals surface area contributed by atoms with Crippen LogP contribution in [0.3, 0.4) is 0 Å². The van der Waals surface area contributed by atoms with E-state index < -0.39 is 0 Å². The summed E-state index contributed by atoms with van der Waals surface area (Å²) in [5, 5.41) is 7.41. The van der Waals surface area contributed by atoms with Crippen LogP contribution in [0.15, 0.2) is 65.3 Å². The first-order valence-electron chi connectivity index (χ1n) is 8.87. The zero-order valence-electron chi connectivity index (χ0n) is 15.4. The van der Waals surface area contributed by atoms with E-state index in [2.05, 4.69) is 26.3 Å². The molecule has 140 valence electrons. The van der Waals surface area contributed by atoms with Gasteiger partial charge in [-0.15, -0.1) is 0 Å². The number of para-hydroxylation sites is 1. The number of aromatic nitrogens is 2. The molecular formula is C21H22BrN3O2. The Labute approximate surface area is 167 Å². The van der Waals surface area contributed by atoms with Gasteiger partial charge in [-0.1, -0.05) is 24.3 Å². The number of halogens is 1. The fourth-order valence-electron chi connectivity index (χ4n) is 2.61. The first-order valence-corrected chi connectivity index (χ1v) is 9.66. The Kier molecular flexibility index (Phi) is 6.29. The fourth-order valence-corrected chi connectivity index (χ4v) is 3.01. The van der Waals surface area contributed by atoms with Crippen LogP contribution in [0, 0.1) is 0 Å². The topological polar surface area (TPSA) is 56.2 Å². The highest BCUT2D eigenvalue weighted by Gasteiger charge is 2.13. The molecule has 2 aromatic carbocycles. The number of nitrogens with zero attached hydrogens (tertiary/aromatic N) is 2. The van der Waals surface area contributed by atoms with Crippen molar-refractivity contribution >= 4 is 21.8 Å². The molecule has 0 aliphatic heterocycles. The van der Waals surface area contributed by atoms with Crippen molar-refractivity contribution in [1.82, 2.24) is 15.1 Å². The normalized spacial score (nSPS) is 11.8. The Morgan fingerprint density at radius 2 is 1.93 bits per heavy atom. The van der Waals surface area contributed by atoms with E-state index in [4.69, 9.17) is 4.74 Å². The highest BCUT2D eigenvalue weighted by atomic mass is 79.9. The van der Waals surface area contributed by atoms with Gasteiger partial charge in [-0.3, -0.25) is 9.48 Å². The number of hydrogen-bond acceptors (Lipinski definition) is 3. The van der Waals surface area contributed by atoms with Crippen molar-refractivity contribution in [2.24, 2.45) is 0 Å². The fraction of sp³-hybridized carbons (Fsp3) is 0.238. The predicted octanol–water partition coefficient (Wildman–Crippen LogP) is 4.74. The van der Waals surface area contributed by atoms with Crippen LogP contribution >= 0.6 is 15.9 Å². The third-order valence-corrected chi connectivity index (χ3v) is 4.88. The van der Waals surface area contributed by atoms with Crippen LogP contribution in [0.4, 0.5) is 0 Å². The minimum absolute atomic E-state index is 0.119. The molecule has 6 heteroatoms. The van der Waals surface area contributed by atoms with Gasteiger partial charge in [0.05, 0.1) is 16.2 Å². The van der Waals surface area contributed by atoms with Crippen molar-refractivity contribution < 1.29 is 9.53 Å². The van der Waals surface area contributed by atoms with E-state index in [1.54, 1.807) is 0 Å². The second kappa shape index (κ2) is 8.86. The monoisotopic (exact) mass is 427 g/mol. The van der Waals surface area contributed by atoms with E-state index in [1.807, 2.05) is 79.3 Å². The van der Waals surface area contributed by atoms with Crippen LogP contribution in [0.1, 0.15) is 41.5 Å². The molecule has 3 aromatic rings. The summed E-state index contributed by atoms with van der Waals surface area (Å²) in [6.07, 6.45) is 1.91. The smallest absolute Gasteiger partial charge is 0.251 e. The van der Waals surface area contributed by atoms with Crippen molar-refractivity contribution in [3.63, 3.8) is 0 Å². The molecule has 1 atom stereocenters. The molecule has 1 heterocycles. The van der Waals surface area contributed by atoms with Crippen molar-refractivity contribution in [3.05, 3.63) is 82.1 Å². The van der Waals surface area contributed by atoms with Crippen LogP contribution in [0.5, 0.6) is 5.75 Å². The number of amides is 1. The lowest BCUT2D eigenvalue weighted by atomic mass is 10.1. The van der Waals surface area contributed by atoms with Gasteiger partial charge in [0, 0.05) is 18.3 Å². The summed E-state index contributed by atoms with van der Waals surface area (Å²) in [6.45, 7) is 5.21. The van der Waals surface area contributed by atoms with E-state index in [0.717, 1.165) is 28.0 Å². The number of hydrogen-bond donors (Lipinski definition) is 1. The van der Waals surface area contributed by atoms with Gasteiger partial charge in [-0.25, -0.2) is 0 Å². The molecule has 0 aliphatic rings. The molecule has 0 aliphatic carbocycles. The van der Waals surface area contributed by atoms with Crippen molar-refractivity contribution in [3.8, 4) is 5.75 Å². The first kappa shape index (κ1) is 19.2. The number of rotatable bonds is 7. The lowest BCUT2D eigenvalue weighted by molar-refractivity contribution is 0.0939. The van der Waals surface area contributed by atoms with Gasteiger partial charge in [0.1, 0.15) is 12.4 Å². The quantitative estimate of drug-likeness (QED) is 0.592. The lowest BCUT2D eigenvalue weighted by Crippen LogP contribution is -2.27. The van der Waals surface area contributed by atoms with Crippen LogP contribution in [-0.4, -0.2) is 15.7 Å². The maximum absolute atomic E-state index is 12.5. The largest absolute Gasteiger partial charge is 0.488 e. The molecule has 0 fully saturated rings. The number of carbonyl (C=O) groups excluding carboxylic acids is 1. The summed E-state index contributed by atoms with van der Waals surface area (Å²) in [6, 6.07) is 16.9. The highest BCUT2D eigenvalue weighted by molar-refractivity contribution is 9.10. The van der Waals surface area contributed by atoms with Crippen molar-refractivity contribution in [2.75, 3.05) is 0 Å². The maximum atomic E-state index is 12.5. The SMILES string of the molecule is CCn1ccc(C(C)NC(=O)c2ccc(COc3ccccc3Br)cc2)n1. The molecule has 5 nitrogen and oxygen atoms in total. The Morgan fingerprint density at radius 1 is 1.19 bits per heavy atom. The van der Waals surface area contributed by atoms with Gasteiger partial charge < -0.3 is 10.1 Å². The van der Waals surface area contributed by atoms with Crippen LogP contribution in [0.25, 0.3) is 0 Å². The summed E-state index contributed by atoms with van der Waals surface area (Å²) in [7, 11) is 0. The van der Waals surface area contributed by atoms with Gasteiger partial charge in [-0.05, 0) is 65.7 Å². The number of benzene rings is 2. The second-order valence-corrected chi connectivity index (χ2v) is 7.06. The van der Waals surface area contributed by atoms with Gasteiger partial charge in [0.25, 0.3) is 5.91 Å². The van der Waals surface area contributed by atoms with E-state index in [0.29, 0.717) is 12.2 Å². The number of ether oxygens (including phenoxy) is 1. The first-order chi connectivity index (χ1) is 13.1. The van der Waals surface area contributed by atoms with Crippen LogP contribution in [-0.2, 0) is 13.2 Å². The van der Waals surface area contributed by atoms with Gasteiger partial charge in [0.15, 0.2) is 0 Å². The van der Waals surface area contributed by atoms with Crippen molar-refractivity contribution in [2.45, 2.75) is 33.0 Å². The molecule has 1 N–H and O–H groups in total. The van der Waals surface area contributed by atoms with Gasteiger partial charge >= 0.3 is 0 Å². The van der Waals surface area contributed by atoms with Gasteiger partial charge in [-0.2, -0.15) is 5.10 Å². The molecule has 0 bridgehead atoms. The summed E-state index contributed by atoms with van der Waals surface area (Å²) in [5.74, 6) is 0.673. The Hall–Kier alpha value is -2.60. The molecule has 0 spiro atoms. The number of aryl methyl sites for hydroxylation is 1. The lowest BCUT2D eigenvalue weighted by Gasteiger charge is -2.12. The molecular weight excluding hydrogens is 406 g/mol. The third kappa shape index (κ3) is 4.98. The molecule has 27 heavy (non-hydrogen) atoms. The molecule has 1 unspecified atom stereocenters. The van der Waals surface area contributed by atoms with Crippen molar-refractivity contribution in [1.29, 1.82) is 0 Å². The number of carbonyl (C=O) groups is 1. The van der Waals surface area contributed by atoms with Crippen LogP contribution in [0.2, 0.25) is 0 Å². The predicted molar refractivity (Wildman–Crippen MR) is 109 cm³/mol. The average Bonchev–Trinajstić information content (AvgIpc) is 3.17. The summed E-state index contributed by atoms with van der Waals surface area (Å²) >= 11 is 3.46.